The first kappa shape index (κ1) is 18.1. The number of allylic oxidation sites excluding steroid dienone is 1. The van der Waals surface area contributed by atoms with E-state index in [0.29, 0.717) is 23.6 Å². The van der Waals surface area contributed by atoms with Crippen LogP contribution in [0, 0.1) is 11.3 Å². The van der Waals surface area contributed by atoms with Crippen LogP contribution < -0.4 is 9.47 Å². The molecule has 124 valence electrons. The van der Waals surface area contributed by atoms with Crippen LogP contribution in [0.5, 0.6) is 11.5 Å². The molecule has 24 heavy (non-hydrogen) atoms. The fourth-order valence-electron chi connectivity index (χ4n) is 2.62. The number of hydrogen-bond donors (Lipinski definition) is 0. The molecule has 1 aromatic heterocycles. The van der Waals surface area contributed by atoms with E-state index in [1.165, 1.54) is 0 Å². The largest absolute Gasteiger partial charge is 0.493 e. The molecule has 0 amide bonds. The fraction of sp³-hybridized carbons (Fsp3) is 0.222. The molecular weight excluding hydrogens is 344 g/mol. The zero-order valence-corrected chi connectivity index (χ0v) is 15.0. The van der Waals surface area contributed by atoms with Gasteiger partial charge in [-0.15, -0.1) is 23.7 Å². The van der Waals surface area contributed by atoms with E-state index in [2.05, 4.69) is 11.1 Å². The molecule has 3 rings (SSSR count). The van der Waals surface area contributed by atoms with Crippen molar-refractivity contribution in [1.82, 2.24) is 0 Å². The molecule has 2 aromatic rings. The topological polar surface area (TPSA) is 54.6 Å². The Labute approximate surface area is 151 Å². The first-order valence-electron chi connectivity index (χ1n) is 7.22. The highest BCUT2D eigenvalue weighted by atomic mass is 35.5. The molecular formula is C18H17ClN2O2S. The summed E-state index contributed by atoms with van der Waals surface area (Å²) < 4.78 is 10.8. The van der Waals surface area contributed by atoms with Crippen LogP contribution in [0.3, 0.4) is 0 Å². The molecule has 6 heteroatoms. The minimum atomic E-state index is 0. The van der Waals surface area contributed by atoms with Crippen LogP contribution in [-0.4, -0.2) is 26.5 Å². The Morgan fingerprint density at radius 2 is 2.04 bits per heavy atom. The van der Waals surface area contributed by atoms with Crippen LogP contribution in [0.25, 0.3) is 6.08 Å². The molecule has 0 radical (unpaired) electrons. The summed E-state index contributed by atoms with van der Waals surface area (Å²) in [6.45, 7) is 0.668. The van der Waals surface area contributed by atoms with Gasteiger partial charge in [0.05, 0.1) is 25.5 Å². The molecule has 0 aliphatic carbocycles. The molecule has 0 atom stereocenters. The fourth-order valence-corrected chi connectivity index (χ4v) is 3.28. The number of rotatable bonds is 4. The van der Waals surface area contributed by atoms with Gasteiger partial charge in [-0.05, 0) is 41.6 Å². The highest BCUT2D eigenvalue weighted by Gasteiger charge is 2.21. The predicted octanol–water partition coefficient (Wildman–Crippen LogP) is 4.14. The second-order valence-electron chi connectivity index (χ2n) is 5.03. The monoisotopic (exact) mass is 360 g/mol. The Kier molecular flexibility index (Phi) is 6.02. The number of nitriles is 1. The van der Waals surface area contributed by atoms with E-state index in [4.69, 9.17) is 9.47 Å². The quantitative estimate of drug-likeness (QED) is 0.770. The summed E-state index contributed by atoms with van der Waals surface area (Å²) in [6.07, 6.45) is 2.71. The maximum absolute atomic E-state index is 9.58. The highest BCUT2D eigenvalue weighted by Crippen LogP contribution is 2.34. The Morgan fingerprint density at radius 1 is 1.29 bits per heavy atom. The molecule has 0 bridgehead atoms. The summed E-state index contributed by atoms with van der Waals surface area (Å²) in [6, 6.07) is 10.1. The normalized spacial score (nSPS) is 13.2. The van der Waals surface area contributed by atoms with Crippen LogP contribution in [0.1, 0.15) is 16.0 Å². The molecule has 0 unspecified atom stereocenters. The van der Waals surface area contributed by atoms with Gasteiger partial charge in [-0.3, -0.25) is 4.99 Å². The molecule has 1 aliphatic heterocycles. The smallest absolute Gasteiger partial charge is 0.161 e. The summed E-state index contributed by atoms with van der Waals surface area (Å²) in [7, 11) is 3.23. The van der Waals surface area contributed by atoms with Gasteiger partial charge in [0.15, 0.2) is 11.5 Å². The summed E-state index contributed by atoms with van der Waals surface area (Å²) in [5.74, 6) is 1.35. The van der Waals surface area contributed by atoms with Gasteiger partial charge in [0.1, 0.15) is 6.07 Å². The molecule has 0 fully saturated rings. The summed E-state index contributed by atoms with van der Waals surface area (Å²) in [5, 5.41) is 11.6. The van der Waals surface area contributed by atoms with E-state index in [0.717, 1.165) is 28.1 Å². The number of methoxy groups -OCH3 is 2. The number of ether oxygens (including phenoxy) is 2. The van der Waals surface area contributed by atoms with Crippen LogP contribution >= 0.6 is 23.7 Å². The van der Waals surface area contributed by atoms with E-state index < -0.39 is 0 Å². The second kappa shape index (κ2) is 8.00. The molecule has 2 heterocycles. The average Bonchev–Trinajstić information content (AvgIpc) is 3.11. The maximum Gasteiger partial charge on any atom is 0.161 e. The van der Waals surface area contributed by atoms with Crippen LogP contribution in [-0.2, 0) is 6.42 Å². The van der Waals surface area contributed by atoms with Gasteiger partial charge in [0, 0.05) is 17.0 Å². The first-order chi connectivity index (χ1) is 11.3. The van der Waals surface area contributed by atoms with Crippen molar-refractivity contribution in [3.8, 4) is 17.6 Å². The lowest BCUT2D eigenvalue weighted by molar-refractivity contribution is 0.354. The summed E-state index contributed by atoms with van der Waals surface area (Å²) >= 11 is 1.60. The molecule has 0 spiro atoms. The Hall–Kier alpha value is -2.29. The van der Waals surface area contributed by atoms with E-state index in [1.54, 1.807) is 25.6 Å². The number of hydrogen-bond acceptors (Lipinski definition) is 5. The average molecular weight is 361 g/mol. The van der Waals surface area contributed by atoms with Gasteiger partial charge in [-0.25, -0.2) is 0 Å². The Balaban J connectivity index is 0.00000208. The van der Waals surface area contributed by atoms with Crippen molar-refractivity contribution in [1.29, 1.82) is 5.26 Å². The number of nitrogens with zero attached hydrogens (tertiary/aromatic N) is 2. The van der Waals surface area contributed by atoms with Gasteiger partial charge in [-0.2, -0.15) is 5.26 Å². The minimum absolute atomic E-state index is 0. The lowest BCUT2D eigenvalue weighted by Crippen LogP contribution is -2.15. The predicted molar refractivity (Wildman–Crippen MR) is 99.8 cm³/mol. The second-order valence-corrected chi connectivity index (χ2v) is 6.01. The van der Waals surface area contributed by atoms with Crippen LogP contribution in [0.4, 0.5) is 0 Å². The summed E-state index contributed by atoms with van der Waals surface area (Å²) in [5.41, 5.74) is 3.36. The third-order valence-corrected chi connectivity index (χ3v) is 4.54. The molecule has 0 saturated heterocycles. The maximum atomic E-state index is 9.58. The highest BCUT2D eigenvalue weighted by molar-refractivity contribution is 7.10. The zero-order valence-electron chi connectivity index (χ0n) is 13.4. The molecule has 0 N–H and O–H groups in total. The van der Waals surface area contributed by atoms with Gasteiger partial charge < -0.3 is 9.47 Å². The Morgan fingerprint density at radius 3 is 2.67 bits per heavy atom. The van der Waals surface area contributed by atoms with Gasteiger partial charge in [0.25, 0.3) is 0 Å². The van der Waals surface area contributed by atoms with Crippen molar-refractivity contribution in [2.24, 2.45) is 4.99 Å². The van der Waals surface area contributed by atoms with E-state index in [1.807, 2.05) is 35.7 Å². The molecule has 4 nitrogen and oxygen atoms in total. The van der Waals surface area contributed by atoms with Gasteiger partial charge in [0.2, 0.25) is 0 Å². The number of aliphatic imine (C=N–C) groups is 1. The van der Waals surface area contributed by atoms with Crippen molar-refractivity contribution in [2.75, 3.05) is 20.8 Å². The van der Waals surface area contributed by atoms with E-state index in [-0.39, 0.29) is 12.4 Å². The number of benzene rings is 1. The lowest BCUT2D eigenvalue weighted by Gasteiger charge is -2.19. The number of fused-ring (bicyclic) bond motifs is 1. The van der Waals surface area contributed by atoms with Gasteiger partial charge >= 0.3 is 0 Å². The lowest BCUT2D eigenvalue weighted by atomic mass is 9.92. The van der Waals surface area contributed by atoms with Crippen molar-refractivity contribution >= 4 is 35.5 Å². The molecule has 1 aliphatic rings. The van der Waals surface area contributed by atoms with Crippen LogP contribution in [0.2, 0.25) is 0 Å². The van der Waals surface area contributed by atoms with Crippen molar-refractivity contribution in [3.05, 3.63) is 51.2 Å². The van der Waals surface area contributed by atoms with Crippen LogP contribution in [0.15, 0.2) is 40.2 Å². The minimum Gasteiger partial charge on any atom is -0.493 e. The first-order valence-corrected chi connectivity index (χ1v) is 8.10. The van der Waals surface area contributed by atoms with E-state index >= 15 is 0 Å². The molecule has 1 aromatic carbocycles. The third-order valence-electron chi connectivity index (χ3n) is 3.72. The van der Waals surface area contributed by atoms with Crippen molar-refractivity contribution < 1.29 is 9.47 Å². The van der Waals surface area contributed by atoms with Crippen molar-refractivity contribution in [3.63, 3.8) is 0 Å². The summed E-state index contributed by atoms with van der Waals surface area (Å²) in [4.78, 5) is 5.63. The Bertz CT molecular complexity index is 820. The van der Waals surface area contributed by atoms with E-state index in [9.17, 15) is 5.26 Å². The molecule has 0 saturated carbocycles. The third kappa shape index (κ3) is 3.45. The van der Waals surface area contributed by atoms with Crippen molar-refractivity contribution in [2.45, 2.75) is 6.42 Å². The number of halogens is 1. The SMILES string of the molecule is COc1cc2c(cc1OC)C(C(C#N)=Cc1cccs1)=NCC2.Cl. The van der Waals surface area contributed by atoms with Gasteiger partial charge in [-0.1, -0.05) is 6.07 Å². The zero-order chi connectivity index (χ0) is 16.2. The number of thiophene rings is 1. The standard InChI is InChI=1S/C18H16N2O2S.ClH/c1-21-16-9-12-5-6-20-18(15(12)10-17(16)22-2)13(11-19)8-14-4-3-7-23-14;/h3-4,7-10H,5-6H2,1-2H3;1H.